The number of aromatic nitrogens is 1. The Morgan fingerprint density at radius 3 is 2.42 bits per heavy atom. The maximum Gasteiger partial charge on any atom is 0.252 e. The highest BCUT2D eigenvalue weighted by molar-refractivity contribution is 6.19. The monoisotopic (exact) mass is 438 g/mol. The molecule has 2 heterocycles. The molecular weight excluding hydrogens is 412 g/mol. The van der Waals surface area contributed by atoms with E-state index in [2.05, 4.69) is 27.4 Å². The van der Waals surface area contributed by atoms with Crippen molar-refractivity contribution in [1.82, 2.24) is 15.2 Å². The van der Waals surface area contributed by atoms with E-state index in [4.69, 9.17) is 0 Å². The van der Waals surface area contributed by atoms with Crippen LogP contribution in [0.5, 0.6) is 0 Å². The molecule has 1 N–H and O–H groups in total. The highest BCUT2D eigenvalue weighted by Crippen LogP contribution is 2.23. The molecule has 0 saturated heterocycles. The highest BCUT2D eigenvalue weighted by atomic mass is 16.2. The van der Waals surface area contributed by atoms with Crippen LogP contribution < -0.4 is 5.32 Å². The molecular formula is C27H26N4O2. The number of likely N-dealkylation sites (N-methyl/N-ethyl adjacent to an activating group) is 1. The molecule has 6 nitrogen and oxygen atoms in total. The van der Waals surface area contributed by atoms with Crippen LogP contribution in [0.4, 0.5) is 0 Å². The number of pyridine rings is 1. The highest BCUT2D eigenvalue weighted by Gasteiger charge is 2.26. The lowest BCUT2D eigenvalue weighted by atomic mass is 9.99. The molecule has 3 aromatic rings. The molecule has 0 aliphatic carbocycles. The van der Waals surface area contributed by atoms with Crippen LogP contribution in [0.1, 0.15) is 27.2 Å². The van der Waals surface area contributed by atoms with Crippen LogP contribution in [-0.4, -0.2) is 54.1 Å². The predicted molar refractivity (Wildman–Crippen MR) is 130 cm³/mol. The lowest BCUT2D eigenvalue weighted by Gasteiger charge is -2.22. The summed E-state index contributed by atoms with van der Waals surface area (Å²) in [6, 6.07) is 22.3. The van der Waals surface area contributed by atoms with Gasteiger partial charge in [0.15, 0.2) is 0 Å². The van der Waals surface area contributed by atoms with Gasteiger partial charge in [0.1, 0.15) is 6.04 Å². The summed E-state index contributed by atoms with van der Waals surface area (Å²) in [6.07, 6.45) is 4.01. The molecule has 1 aliphatic rings. The molecule has 1 aliphatic heterocycles. The van der Waals surface area contributed by atoms with Crippen molar-refractivity contribution in [1.29, 1.82) is 0 Å². The molecule has 0 spiro atoms. The van der Waals surface area contributed by atoms with Crippen molar-refractivity contribution in [3.8, 4) is 0 Å². The maximum atomic E-state index is 13.3. The van der Waals surface area contributed by atoms with Gasteiger partial charge in [-0.3, -0.25) is 19.6 Å². The van der Waals surface area contributed by atoms with Gasteiger partial charge in [0.25, 0.3) is 5.91 Å². The van der Waals surface area contributed by atoms with Crippen molar-refractivity contribution < 1.29 is 9.59 Å². The standard InChI is InChI=1S/C27H26N4O2/c1-31(2)27(33)25(17-21-12-8-9-15-28-21)30-26(32)23-14-7-6-13-22(23)24-16-20(18-29-24)19-10-4-3-5-11-19/h3-16,25H,17-18H2,1-2H3,(H,30,32)/t25-/m1/s1. The summed E-state index contributed by atoms with van der Waals surface area (Å²) < 4.78 is 0. The first-order valence-corrected chi connectivity index (χ1v) is 10.8. The Bertz CT molecular complexity index is 1200. The average molecular weight is 439 g/mol. The SMILES string of the molecule is CN(C)C(=O)[C@@H](Cc1ccccn1)NC(=O)c1ccccc1C1=NCC(c2ccccc2)=C1. The Hall–Kier alpha value is -4.06. The van der Waals surface area contributed by atoms with Gasteiger partial charge in [0.05, 0.1) is 12.3 Å². The van der Waals surface area contributed by atoms with Gasteiger partial charge in [-0.15, -0.1) is 0 Å². The van der Waals surface area contributed by atoms with Crippen molar-refractivity contribution in [3.05, 3.63) is 107 Å². The van der Waals surface area contributed by atoms with Crippen LogP contribution in [-0.2, 0) is 11.2 Å². The van der Waals surface area contributed by atoms with Gasteiger partial charge < -0.3 is 10.2 Å². The van der Waals surface area contributed by atoms with E-state index in [1.807, 2.05) is 60.7 Å². The Labute approximate surface area is 193 Å². The lowest BCUT2D eigenvalue weighted by Crippen LogP contribution is -2.47. The van der Waals surface area contributed by atoms with Crippen LogP contribution in [0.15, 0.2) is 90.1 Å². The molecule has 0 saturated carbocycles. The number of carbonyl (C=O) groups excluding carboxylic acids is 2. The summed E-state index contributed by atoms with van der Waals surface area (Å²) in [4.78, 5) is 36.6. The van der Waals surface area contributed by atoms with Gasteiger partial charge in [-0.1, -0.05) is 54.6 Å². The Morgan fingerprint density at radius 1 is 0.970 bits per heavy atom. The first-order chi connectivity index (χ1) is 16.0. The molecule has 33 heavy (non-hydrogen) atoms. The molecule has 166 valence electrons. The molecule has 1 aromatic heterocycles. The zero-order chi connectivity index (χ0) is 23.2. The number of rotatable bonds is 7. The third kappa shape index (κ3) is 5.23. The largest absolute Gasteiger partial charge is 0.347 e. The van der Waals surface area contributed by atoms with Gasteiger partial charge in [-0.05, 0) is 35.4 Å². The minimum atomic E-state index is -0.726. The molecule has 0 unspecified atom stereocenters. The number of aliphatic imine (C=N–C) groups is 1. The van der Waals surface area contributed by atoms with Crippen molar-refractivity contribution >= 4 is 23.1 Å². The number of nitrogens with one attached hydrogen (secondary N) is 1. The summed E-state index contributed by atoms with van der Waals surface area (Å²) in [5.41, 5.74) is 4.96. The quantitative estimate of drug-likeness (QED) is 0.614. The van der Waals surface area contributed by atoms with E-state index in [9.17, 15) is 9.59 Å². The number of amides is 2. The van der Waals surface area contributed by atoms with Crippen LogP contribution in [0, 0.1) is 0 Å². The van der Waals surface area contributed by atoms with Crippen molar-refractivity contribution in [2.24, 2.45) is 4.99 Å². The number of allylic oxidation sites excluding steroid dienone is 1. The van der Waals surface area contributed by atoms with Crippen molar-refractivity contribution in [3.63, 3.8) is 0 Å². The summed E-state index contributed by atoms with van der Waals surface area (Å²) in [5, 5.41) is 2.92. The van der Waals surface area contributed by atoms with Gasteiger partial charge in [0, 0.05) is 43.5 Å². The van der Waals surface area contributed by atoms with Gasteiger partial charge in [-0.2, -0.15) is 0 Å². The summed E-state index contributed by atoms with van der Waals surface area (Å²) in [6.45, 7) is 0.566. The van der Waals surface area contributed by atoms with Crippen LogP contribution in [0.25, 0.3) is 5.57 Å². The van der Waals surface area contributed by atoms with Gasteiger partial charge >= 0.3 is 0 Å². The minimum absolute atomic E-state index is 0.184. The average Bonchev–Trinajstić information content (AvgIpc) is 3.34. The molecule has 1 atom stereocenters. The molecule has 2 aromatic carbocycles. The zero-order valence-electron chi connectivity index (χ0n) is 18.7. The predicted octanol–water partition coefficient (Wildman–Crippen LogP) is 3.40. The number of benzene rings is 2. The molecule has 0 fully saturated rings. The van der Waals surface area contributed by atoms with E-state index in [1.165, 1.54) is 4.90 Å². The Kier molecular flexibility index (Phi) is 6.74. The van der Waals surface area contributed by atoms with E-state index < -0.39 is 6.04 Å². The van der Waals surface area contributed by atoms with E-state index >= 15 is 0 Å². The number of carbonyl (C=O) groups is 2. The molecule has 0 radical (unpaired) electrons. The normalized spacial score (nSPS) is 13.6. The van der Waals surface area contributed by atoms with Gasteiger partial charge in [0.2, 0.25) is 5.91 Å². The van der Waals surface area contributed by atoms with E-state index in [0.717, 1.165) is 28.1 Å². The number of nitrogens with zero attached hydrogens (tertiary/aromatic N) is 3. The second-order valence-corrected chi connectivity index (χ2v) is 8.07. The van der Waals surface area contributed by atoms with Crippen LogP contribution >= 0.6 is 0 Å². The third-order valence-electron chi connectivity index (χ3n) is 5.51. The first-order valence-electron chi connectivity index (χ1n) is 10.8. The van der Waals surface area contributed by atoms with E-state index in [-0.39, 0.29) is 11.8 Å². The first kappa shape index (κ1) is 22.1. The lowest BCUT2D eigenvalue weighted by molar-refractivity contribution is -0.130. The number of hydrogen-bond donors (Lipinski definition) is 1. The maximum absolute atomic E-state index is 13.3. The third-order valence-corrected chi connectivity index (χ3v) is 5.51. The van der Waals surface area contributed by atoms with E-state index in [1.54, 1.807) is 26.4 Å². The van der Waals surface area contributed by atoms with Crippen molar-refractivity contribution in [2.75, 3.05) is 20.6 Å². The molecule has 0 bridgehead atoms. The fraction of sp³-hybridized carbons (Fsp3) is 0.185. The molecule has 6 heteroatoms. The fourth-order valence-corrected chi connectivity index (χ4v) is 3.80. The topological polar surface area (TPSA) is 74.7 Å². The molecule has 2 amide bonds. The number of hydrogen-bond acceptors (Lipinski definition) is 4. The van der Waals surface area contributed by atoms with E-state index in [0.29, 0.717) is 18.5 Å². The Balaban J connectivity index is 1.58. The summed E-state index contributed by atoms with van der Waals surface area (Å²) >= 11 is 0. The van der Waals surface area contributed by atoms with Crippen molar-refractivity contribution in [2.45, 2.75) is 12.5 Å². The fourth-order valence-electron chi connectivity index (χ4n) is 3.80. The second-order valence-electron chi connectivity index (χ2n) is 8.07. The second kappa shape index (κ2) is 10.0. The zero-order valence-corrected chi connectivity index (χ0v) is 18.7. The minimum Gasteiger partial charge on any atom is -0.347 e. The Morgan fingerprint density at radius 2 is 1.70 bits per heavy atom. The smallest absolute Gasteiger partial charge is 0.252 e. The summed E-state index contributed by atoms with van der Waals surface area (Å²) in [5.74, 6) is -0.498. The molecule has 4 rings (SSSR count). The van der Waals surface area contributed by atoms with Crippen LogP contribution in [0.2, 0.25) is 0 Å². The van der Waals surface area contributed by atoms with Crippen LogP contribution in [0.3, 0.4) is 0 Å². The summed E-state index contributed by atoms with van der Waals surface area (Å²) in [7, 11) is 3.36. The van der Waals surface area contributed by atoms with Gasteiger partial charge in [-0.25, -0.2) is 0 Å².